The van der Waals surface area contributed by atoms with Crippen molar-refractivity contribution < 1.29 is 0 Å². The molecular formula is C23H19P. The van der Waals surface area contributed by atoms with Gasteiger partial charge in [-0.25, -0.2) is 0 Å². The van der Waals surface area contributed by atoms with E-state index in [4.69, 9.17) is 0 Å². The van der Waals surface area contributed by atoms with Gasteiger partial charge in [0.2, 0.25) is 0 Å². The van der Waals surface area contributed by atoms with E-state index in [0.29, 0.717) is 5.92 Å². The molecule has 0 radical (unpaired) electrons. The van der Waals surface area contributed by atoms with Crippen LogP contribution in [0.2, 0.25) is 0 Å². The third-order valence-corrected chi connectivity index (χ3v) is 6.83. The van der Waals surface area contributed by atoms with Gasteiger partial charge in [-0.3, -0.25) is 0 Å². The summed E-state index contributed by atoms with van der Waals surface area (Å²) in [7, 11) is -0.551. The molecule has 0 aromatic heterocycles. The van der Waals surface area contributed by atoms with Crippen molar-refractivity contribution in [3.63, 3.8) is 0 Å². The minimum Gasteiger partial charge on any atom is -0.0732 e. The highest BCUT2D eigenvalue weighted by Crippen LogP contribution is 2.36. The second kappa shape index (κ2) is 6.99. The van der Waals surface area contributed by atoms with E-state index in [2.05, 4.69) is 109 Å². The Morgan fingerprint density at radius 3 is 1.62 bits per heavy atom. The highest BCUT2D eigenvalue weighted by Gasteiger charge is 2.21. The van der Waals surface area contributed by atoms with Gasteiger partial charge >= 0.3 is 0 Å². The lowest BCUT2D eigenvalue weighted by Crippen LogP contribution is -2.23. The molecule has 0 heterocycles. The highest BCUT2D eigenvalue weighted by atomic mass is 31.1. The van der Waals surface area contributed by atoms with E-state index in [0.717, 1.165) is 0 Å². The molecule has 0 bridgehead atoms. The molecule has 116 valence electrons. The third-order valence-electron chi connectivity index (χ3n) is 4.31. The molecule has 0 atom stereocenters. The molecule has 4 rings (SSSR count). The number of allylic oxidation sites excluding steroid dienone is 4. The maximum Gasteiger partial charge on any atom is 0.0211 e. The Balaban J connectivity index is 1.89. The SMILES string of the molecule is C1=CC(c2ccccc2P(c2ccccc2)c2ccccc2)C=C1. The quantitative estimate of drug-likeness (QED) is 0.612. The van der Waals surface area contributed by atoms with E-state index < -0.39 is 7.92 Å². The minimum absolute atomic E-state index is 0.388. The summed E-state index contributed by atoms with van der Waals surface area (Å²) >= 11 is 0. The largest absolute Gasteiger partial charge is 0.0732 e. The van der Waals surface area contributed by atoms with Gasteiger partial charge < -0.3 is 0 Å². The molecule has 0 spiro atoms. The van der Waals surface area contributed by atoms with Crippen molar-refractivity contribution >= 4 is 23.8 Å². The molecule has 0 aliphatic heterocycles. The van der Waals surface area contributed by atoms with Crippen molar-refractivity contribution in [3.05, 3.63) is 115 Å². The summed E-state index contributed by atoms with van der Waals surface area (Å²) in [4.78, 5) is 0. The van der Waals surface area contributed by atoms with Gasteiger partial charge in [0.05, 0.1) is 0 Å². The predicted molar refractivity (Wildman–Crippen MR) is 106 cm³/mol. The van der Waals surface area contributed by atoms with Crippen LogP contribution in [0.15, 0.2) is 109 Å². The molecule has 0 N–H and O–H groups in total. The Kier molecular flexibility index (Phi) is 4.40. The standard InChI is InChI=1S/C23H19P/c1-3-13-20(14-4-1)24(21-15-5-2-6-16-21)23-18-10-9-17-22(23)19-11-7-8-12-19/h1-19H. The number of rotatable bonds is 4. The Hall–Kier alpha value is -2.43. The summed E-state index contributed by atoms with van der Waals surface area (Å²) in [5, 5.41) is 4.25. The lowest BCUT2D eigenvalue weighted by Gasteiger charge is -2.23. The summed E-state index contributed by atoms with van der Waals surface area (Å²) < 4.78 is 0. The lowest BCUT2D eigenvalue weighted by molar-refractivity contribution is 1.12. The number of benzene rings is 3. The monoisotopic (exact) mass is 326 g/mol. The molecule has 1 aliphatic rings. The molecule has 0 amide bonds. The highest BCUT2D eigenvalue weighted by molar-refractivity contribution is 7.79. The molecule has 1 heteroatoms. The summed E-state index contributed by atoms with van der Waals surface area (Å²) in [6.45, 7) is 0. The van der Waals surface area contributed by atoms with Gasteiger partial charge in [-0.05, 0) is 29.4 Å². The minimum atomic E-state index is -0.551. The fourth-order valence-electron chi connectivity index (χ4n) is 3.19. The van der Waals surface area contributed by atoms with E-state index >= 15 is 0 Å². The van der Waals surface area contributed by atoms with E-state index in [9.17, 15) is 0 Å². The maximum absolute atomic E-state index is 2.31. The van der Waals surface area contributed by atoms with Gasteiger partial charge in [-0.15, -0.1) is 0 Å². The van der Waals surface area contributed by atoms with E-state index in [1.165, 1.54) is 21.5 Å². The Bertz CT molecular complexity index is 811. The van der Waals surface area contributed by atoms with Crippen LogP contribution in [-0.4, -0.2) is 0 Å². The van der Waals surface area contributed by atoms with Crippen LogP contribution >= 0.6 is 7.92 Å². The average molecular weight is 326 g/mol. The number of hydrogen-bond acceptors (Lipinski definition) is 0. The normalized spacial score (nSPS) is 13.7. The van der Waals surface area contributed by atoms with Crippen molar-refractivity contribution in [1.29, 1.82) is 0 Å². The molecule has 0 fully saturated rings. The van der Waals surface area contributed by atoms with Crippen LogP contribution in [0.3, 0.4) is 0 Å². The Labute approximate surface area is 144 Å². The van der Waals surface area contributed by atoms with Crippen molar-refractivity contribution in [3.8, 4) is 0 Å². The van der Waals surface area contributed by atoms with Gasteiger partial charge in [-0.1, -0.05) is 109 Å². The first-order valence-electron chi connectivity index (χ1n) is 8.27. The van der Waals surface area contributed by atoms with Crippen LogP contribution in [0.4, 0.5) is 0 Å². The molecule has 0 saturated carbocycles. The van der Waals surface area contributed by atoms with Gasteiger partial charge in [0, 0.05) is 5.92 Å². The summed E-state index contributed by atoms with van der Waals surface area (Å²) in [5.41, 5.74) is 1.42. The first-order valence-corrected chi connectivity index (χ1v) is 9.62. The fraction of sp³-hybridized carbons (Fsp3) is 0.0435. The van der Waals surface area contributed by atoms with Crippen LogP contribution in [0.5, 0.6) is 0 Å². The fourth-order valence-corrected chi connectivity index (χ4v) is 5.71. The van der Waals surface area contributed by atoms with E-state index in [1.807, 2.05) is 0 Å². The molecule has 1 aliphatic carbocycles. The van der Waals surface area contributed by atoms with Crippen LogP contribution < -0.4 is 15.9 Å². The average Bonchev–Trinajstić information content (AvgIpc) is 3.19. The number of hydrogen-bond donors (Lipinski definition) is 0. The van der Waals surface area contributed by atoms with Crippen molar-refractivity contribution in [2.75, 3.05) is 0 Å². The Morgan fingerprint density at radius 2 is 1.04 bits per heavy atom. The van der Waals surface area contributed by atoms with Crippen molar-refractivity contribution in [2.24, 2.45) is 0 Å². The van der Waals surface area contributed by atoms with Gasteiger partial charge in [-0.2, -0.15) is 0 Å². The van der Waals surface area contributed by atoms with Crippen LogP contribution in [0.1, 0.15) is 11.5 Å². The first kappa shape index (κ1) is 15.1. The second-order valence-electron chi connectivity index (χ2n) is 5.86. The molecule has 0 nitrogen and oxygen atoms in total. The van der Waals surface area contributed by atoms with Crippen molar-refractivity contribution in [2.45, 2.75) is 5.92 Å². The molecule has 3 aromatic rings. The topological polar surface area (TPSA) is 0 Å². The third kappa shape index (κ3) is 2.98. The Morgan fingerprint density at radius 1 is 0.542 bits per heavy atom. The molecule has 3 aromatic carbocycles. The molecule has 0 saturated heterocycles. The van der Waals surface area contributed by atoms with Crippen LogP contribution in [0, 0.1) is 0 Å². The van der Waals surface area contributed by atoms with Gasteiger partial charge in [0.15, 0.2) is 0 Å². The van der Waals surface area contributed by atoms with E-state index in [1.54, 1.807) is 0 Å². The van der Waals surface area contributed by atoms with Gasteiger partial charge in [0.1, 0.15) is 0 Å². The van der Waals surface area contributed by atoms with Crippen LogP contribution in [0.25, 0.3) is 0 Å². The maximum atomic E-state index is 2.31. The molecule has 0 unspecified atom stereocenters. The van der Waals surface area contributed by atoms with Crippen molar-refractivity contribution in [1.82, 2.24) is 0 Å². The zero-order valence-electron chi connectivity index (χ0n) is 13.4. The molecular weight excluding hydrogens is 307 g/mol. The summed E-state index contributed by atoms with van der Waals surface area (Å²) in [5.74, 6) is 0.388. The first-order chi connectivity index (χ1) is 11.9. The lowest BCUT2D eigenvalue weighted by atomic mass is 10.0. The predicted octanol–water partition coefficient (Wildman–Crippen LogP) is 4.65. The molecule has 24 heavy (non-hydrogen) atoms. The second-order valence-corrected chi connectivity index (χ2v) is 8.05. The van der Waals surface area contributed by atoms with Gasteiger partial charge in [0.25, 0.3) is 0 Å². The zero-order valence-corrected chi connectivity index (χ0v) is 14.3. The van der Waals surface area contributed by atoms with Crippen LogP contribution in [-0.2, 0) is 0 Å². The smallest absolute Gasteiger partial charge is 0.0211 e. The van der Waals surface area contributed by atoms with E-state index in [-0.39, 0.29) is 0 Å². The summed E-state index contributed by atoms with van der Waals surface area (Å²) in [6.07, 6.45) is 8.86. The zero-order chi connectivity index (χ0) is 16.2. The summed E-state index contributed by atoms with van der Waals surface area (Å²) in [6, 6.07) is 30.7.